The summed E-state index contributed by atoms with van der Waals surface area (Å²) in [6.45, 7) is 1.96. The van der Waals surface area contributed by atoms with Gasteiger partial charge in [0.05, 0.1) is 6.54 Å². The van der Waals surface area contributed by atoms with Gasteiger partial charge in [0.15, 0.2) is 0 Å². The molecule has 0 saturated heterocycles. The van der Waals surface area contributed by atoms with Gasteiger partial charge in [0.25, 0.3) is 0 Å². The SMILES string of the molecule is c1ccc2oc(CNCCC3CCC3)cc2c1. The first-order valence-electron chi connectivity index (χ1n) is 6.60. The average Bonchev–Trinajstić information content (AvgIpc) is 2.68. The molecule has 1 aliphatic carbocycles. The van der Waals surface area contributed by atoms with E-state index in [2.05, 4.69) is 17.4 Å². The Morgan fingerprint density at radius 3 is 2.88 bits per heavy atom. The van der Waals surface area contributed by atoms with Crippen molar-refractivity contribution in [1.29, 1.82) is 0 Å². The number of fused-ring (bicyclic) bond motifs is 1. The zero-order chi connectivity index (χ0) is 11.5. The standard InChI is InChI=1S/C15H19NO/c1-2-7-15-13(6-1)10-14(17-15)11-16-9-8-12-4-3-5-12/h1-2,6-7,10,12,16H,3-5,8-9,11H2. The van der Waals surface area contributed by atoms with Crippen LogP contribution >= 0.6 is 0 Å². The Hall–Kier alpha value is -1.28. The van der Waals surface area contributed by atoms with Crippen molar-refractivity contribution < 1.29 is 4.42 Å². The zero-order valence-electron chi connectivity index (χ0n) is 10.1. The van der Waals surface area contributed by atoms with E-state index in [1.807, 2.05) is 18.2 Å². The van der Waals surface area contributed by atoms with Crippen LogP contribution in [0.2, 0.25) is 0 Å². The molecule has 0 bridgehead atoms. The Balaban J connectivity index is 1.50. The molecule has 0 spiro atoms. The maximum Gasteiger partial charge on any atom is 0.134 e. The molecule has 0 radical (unpaired) electrons. The molecular formula is C15H19NO. The van der Waals surface area contributed by atoms with Crippen LogP contribution in [0.25, 0.3) is 11.0 Å². The lowest BCUT2D eigenvalue weighted by Gasteiger charge is -2.25. The maximum absolute atomic E-state index is 5.75. The van der Waals surface area contributed by atoms with Gasteiger partial charge in [-0.25, -0.2) is 0 Å². The fourth-order valence-electron chi connectivity index (χ4n) is 2.42. The van der Waals surface area contributed by atoms with Gasteiger partial charge < -0.3 is 9.73 Å². The van der Waals surface area contributed by atoms with Gasteiger partial charge in [0.2, 0.25) is 0 Å². The molecule has 1 fully saturated rings. The quantitative estimate of drug-likeness (QED) is 0.791. The molecule has 2 nitrogen and oxygen atoms in total. The lowest BCUT2D eigenvalue weighted by atomic mass is 9.83. The molecule has 0 unspecified atom stereocenters. The first kappa shape index (κ1) is 10.8. The van der Waals surface area contributed by atoms with Gasteiger partial charge >= 0.3 is 0 Å². The number of hydrogen-bond acceptors (Lipinski definition) is 2. The molecule has 0 aliphatic heterocycles. The van der Waals surface area contributed by atoms with Gasteiger partial charge in [-0.1, -0.05) is 37.5 Å². The summed E-state index contributed by atoms with van der Waals surface area (Å²) in [6.07, 6.45) is 5.63. The van der Waals surface area contributed by atoms with E-state index >= 15 is 0 Å². The van der Waals surface area contributed by atoms with Crippen LogP contribution in [0.15, 0.2) is 34.7 Å². The average molecular weight is 229 g/mol. The highest BCUT2D eigenvalue weighted by Crippen LogP contribution is 2.28. The van der Waals surface area contributed by atoms with E-state index in [0.717, 1.165) is 30.4 Å². The molecule has 0 atom stereocenters. The second kappa shape index (κ2) is 4.92. The van der Waals surface area contributed by atoms with E-state index in [1.165, 1.54) is 31.1 Å². The molecule has 90 valence electrons. The van der Waals surface area contributed by atoms with Crippen molar-refractivity contribution >= 4 is 11.0 Å². The maximum atomic E-state index is 5.75. The van der Waals surface area contributed by atoms with Crippen LogP contribution in [0.1, 0.15) is 31.4 Å². The van der Waals surface area contributed by atoms with E-state index < -0.39 is 0 Å². The Kier molecular flexibility index (Phi) is 3.14. The minimum absolute atomic E-state index is 0.849. The van der Waals surface area contributed by atoms with Crippen molar-refractivity contribution in [3.8, 4) is 0 Å². The summed E-state index contributed by atoms with van der Waals surface area (Å²) in [5.74, 6) is 2.03. The van der Waals surface area contributed by atoms with Crippen LogP contribution in [0.5, 0.6) is 0 Å². The second-order valence-corrected chi connectivity index (χ2v) is 5.01. The smallest absolute Gasteiger partial charge is 0.134 e. The summed E-state index contributed by atoms with van der Waals surface area (Å²) in [7, 11) is 0. The second-order valence-electron chi connectivity index (χ2n) is 5.01. The molecule has 3 rings (SSSR count). The van der Waals surface area contributed by atoms with Crippen LogP contribution in [0.3, 0.4) is 0 Å². The summed E-state index contributed by atoms with van der Waals surface area (Å²) >= 11 is 0. The summed E-state index contributed by atoms with van der Waals surface area (Å²) in [5, 5.41) is 4.67. The van der Waals surface area contributed by atoms with Gasteiger partial charge in [-0.15, -0.1) is 0 Å². The summed E-state index contributed by atoms with van der Waals surface area (Å²) in [4.78, 5) is 0. The Bertz CT molecular complexity index is 451. The van der Waals surface area contributed by atoms with Gasteiger partial charge in [-0.2, -0.15) is 0 Å². The molecule has 1 saturated carbocycles. The van der Waals surface area contributed by atoms with E-state index in [4.69, 9.17) is 4.42 Å². The zero-order valence-corrected chi connectivity index (χ0v) is 10.1. The van der Waals surface area contributed by atoms with Gasteiger partial charge in [-0.05, 0) is 31.0 Å². The predicted octanol–water partition coefficient (Wildman–Crippen LogP) is 3.71. The van der Waals surface area contributed by atoms with Crippen molar-refractivity contribution in [2.75, 3.05) is 6.54 Å². The van der Waals surface area contributed by atoms with Crippen LogP contribution in [0, 0.1) is 5.92 Å². The molecular weight excluding hydrogens is 210 g/mol. The fourth-order valence-corrected chi connectivity index (χ4v) is 2.42. The van der Waals surface area contributed by atoms with Crippen LogP contribution in [-0.2, 0) is 6.54 Å². The normalized spacial score (nSPS) is 16.2. The number of hydrogen-bond donors (Lipinski definition) is 1. The monoisotopic (exact) mass is 229 g/mol. The molecule has 1 aromatic heterocycles. The lowest BCUT2D eigenvalue weighted by Crippen LogP contribution is -2.20. The highest BCUT2D eigenvalue weighted by atomic mass is 16.3. The number of para-hydroxylation sites is 1. The van der Waals surface area contributed by atoms with Crippen LogP contribution in [0.4, 0.5) is 0 Å². The van der Waals surface area contributed by atoms with Gasteiger partial charge in [0.1, 0.15) is 11.3 Å². The van der Waals surface area contributed by atoms with Crippen molar-refractivity contribution in [3.05, 3.63) is 36.1 Å². The Morgan fingerprint density at radius 1 is 1.24 bits per heavy atom. The van der Waals surface area contributed by atoms with Crippen LogP contribution < -0.4 is 5.32 Å². The van der Waals surface area contributed by atoms with E-state index in [-0.39, 0.29) is 0 Å². The van der Waals surface area contributed by atoms with Crippen LogP contribution in [-0.4, -0.2) is 6.54 Å². The molecule has 1 heterocycles. The Labute approximate surface area is 102 Å². The van der Waals surface area contributed by atoms with Crippen molar-refractivity contribution in [2.45, 2.75) is 32.2 Å². The molecule has 1 N–H and O–H groups in total. The largest absolute Gasteiger partial charge is 0.460 e. The summed E-state index contributed by atoms with van der Waals surface area (Å²) < 4.78 is 5.75. The highest BCUT2D eigenvalue weighted by Gasteiger charge is 2.16. The van der Waals surface area contributed by atoms with Crippen molar-refractivity contribution in [3.63, 3.8) is 0 Å². The topological polar surface area (TPSA) is 25.2 Å². The van der Waals surface area contributed by atoms with Crippen molar-refractivity contribution in [2.24, 2.45) is 5.92 Å². The third-order valence-corrected chi connectivity index (χ3v) is 3.73. The number of rotatable bonds is 5. The summed E-state index contributed by atoms with van der Waals surface area (Å²) in [6, 6.07) is 10.3. The minimum atomic E-state index is 0.849. The molecule has 0 amide bonds. The molecule has 17 heavy (non-hydrogen) atoms. The first-order valence-corrected chi connectivity index (χ1v) is 6.60. The molecule has 2 heteroatoms. The third kappa shape index (κ3) is 2.52. The Morgan fingerprint density at radius 2 is 2.12 bits per heavy atom. The number of benzene rings is 1. The predicted molar refractivity (Wildman–Crippen MR) is 69.9 cm³/mol. The number of nitrogens with one attached hydrogen (secondary N) is 1. The summed E-state index contributed by atoms with van der Waals surface area (Å²) in [5.41, 5.74) is 0.989. The molecule has 1 aromatic carbocycles. The number of furan rings is 1. The van der Waals surface area contributed by atoms with E-state index in [0.29, 0.717) is 0 Å². The highest BCUT2D eigenvalue weighted by molar-refractivity contribution is 5.77. The van der Waals surface area contributed by atoms with Gasteiger partial charge in [0, 0.05) is 5.39 Å². The first-order chi connectivity index (χ1) is 8.42. The van der Waals surface area contributed by atoms with Crippen molar-refractivity contribution in [1.82, 2.24) is 5.32 Å². The lowest BCUT2D eigenvalue weighted by molar-refractivity contribution is 0.291. The molecule has 2 aromatic rings. The third-order valence-electron chi connectivity index (χ3n) is 3.73. The van der Waals surface area contributed by atoms with E-state index in [1.54, 1.807) is 0 Å². The molecule has 1 aliphatic rings. The van der Waals surface area contributed by atoms with E-state index in [9.17, 15) is 0 Å². The fraction of sp³-hybridized carbons (Fsp3) is 0.467. The van der Waals surface area contributed by atoms with Gasteiger partial charge in [-0.3, -0.25) is 0 Å². The minimum Gasteiger partial charge on any atom is -0.460 e.